The number of rotatable bonds is 4. The Morgan fingerprint density at radius 3 is 1.29 bits per heavy atom. The van der Waals surface area contributed by atoms with Crippen LogP contribution >= 0.6 is 40.7 Å². The zero-order valence-corrected chi connectivity index (χ0v) is 19.5. The van der Waals surface area contributed by atoms with Crippen LogP contribution in [0.1, 0.15) is 20.3 Å². The first-order chi connectivity index (χ1) is 13.5. The van der Waals surface area contributed by atoms with Gasteiger partial charge in [-0.15, -0.1) is 0 Å². The third-order valence-electron chi connectivity index (χ3n) is 5.54. The molecule has 1 fully saturated rings. The van der Waals surface area contributed by atoms with Crippen molar-refractivity contribution in [1.82, 2.24) is 0 Å². The Labute approximate surface area is 182 Å². The van der Waals surface area contributed by atoms with E-state index in [2.05, 4.69) is 128 Å². The van der Waals surface area contributed by atoms with E-state index in [1.807, 2.05) is 0 Å². The van der Waals surface area contributed by atoms with E-state index >= 15 is 0 Å². The van der Waals surface area contributed by atoms with Gasteiger partial charge in [0.05, 0.1) is 0 Å². The van der Waals surface area contributed by atoms with Crippen LogP contribution in [0.15, 0.2) is 91.0 Å². The Morgan fingerprint density at radius 1 is 0.643 bits per heavy atom. The molecule has 28 heavy (non-hydrogen) atoms. The third-order valence-corrected chi connectivity index (χ3v) is 19.0. The minimum atomic E-state index is -3.23. The van der Waals surface area contributed by atoms with Crippen LogP contribution in [0.4, 0.5) is 0 Å². The molecule has 4 rings (SSSR count). The van der Waals surface area contributed by atoms with Gasteiger partial charge >= 0.3 is 183 Å². The maximum atomic E-state index is 8.27. The van der Waals surface area contributed by atoms with Gasteiger partial charge in [-0.3, -0.25) is 0 Å². The van der Waals surface area contributed by atoms with Crippen molar-refractivity contribution in [3.05, 3.63) is 91.0 Å². The number of thioether (sulfide) groups is 2. The molecule has 0 aliphatic carbocycles. The summed E-state index contributed by atoms with van der Waals surface area (Å²) in [7, 11) is 0. The molecule has 0 spiro atoms. The Morgan fingerprint density at radius 2 is 0.964 bits per heavy atom. The summed E-state index contributed by atoms with van der Waals surface area (Å²) < 4.78 is 0.276. The summed E-state index contributed by atoms with van der Waals surface area (Å²) >= 11 is 12.4. The number of halogens is 1. The van der Waals surface area contributed by atoms with Crippen molar-refractivity contribution in [2.24, 2.45) is 0 Å². The Balaban J connectivity index is 2.10. The van der Waals surface area contributed by atoms with Crippen LogP contribution in [-0.4, -0.2) is 14.8 Å². The topological polar surface area (TPSA) is 0 Å². The fourth-order valence-corrected chi connectivity index (χ4v) is 18.3. The molecule has 3 aromatic rings. The summed E-state index contributed by atoms with van der Waals surface area (Å²) in [4.78, 5) is 0. The summed E-state index contributed by atoms with van der Waals surface area (Å²) in [5.74, 6) is -3.23. The van der Waals surface area contributed by atoms with E-state index < -0.39 is 5.96 Å². The summed E-state index contributed by atoms with van der Waals surface area (Å²) in [6, 6.07) is 32.5. The zero-order chi connectivity index (χ0) is 19.6. The van der Waals surface area contributed by atoms with Gasteiger partial charge in [0, 0.05) is 0 Å². The molecular weight excluding hydrogens is 419 g/mol. The first-order valence-electron chi connectivity index (χ1n) is 9.74. The quantitative estimate of drug-likeness (QED) is 0.416. The number of hydrogen-bond donors (Lipinski definition) is 0. The normalized spacial score (nSPS) is 24.2. The minimum absolute atomic E-state index is 0.276. The molecule has 0 radical (unpaired) electrons. The van der Waals surface area contributed by atoms with Gasteiger partial charge in [-0.25, -0.2) is 0 Å². The molecule has 4 heteroatoms. The molecule has 0 amide bonds. The van der Waals surface area contributed by atoms with E-state index in [4.69, 9.17) is 11.2 Å². The zero-order valence-electron chi connectivity index (χ0n) is 16.2. The van der Waals surface area contributed by atoms with Gasteiger partial charge in [0.25, 0.3) is 0 Å². The van der Waals surface area contributed by atoms with Crippen LogP contribution < -0.4 is 15.9 Å². The van der Waals surface area contributed by atoms with Crippen molar-refractivity contribution < 1.29 is 0 Å². The maximum absolute atomic E-state index is 8.27. The van der Waals surface area contributed by atoms with Crippen molar-refractivity contribution in [2.75, 3.05) is 0 Å². The second-order valence-electron chi connectivity index (χ2n) is 7.52. The molecule has 0 bridgehead atoms. The van der Waals surface area contributed by atoms with Crippen LogP contribution in [0.5, 0.6) is 0 Å². The Kier molecular flexibility index (Phi) is 5.87. The van der Waals surface area contributed by atoms with Gasteiger partial charge in [-0.2, -0.15) is 0 Å². The molecule has 146 valence electrons. The van der Waals surface area contributed by atoms with Gasteiger partial charge in [0.1, 0.15) is 0 Å². The van der Waals surface area contributed by atoms with Crippen molar-refractivity contribution in [1.29, 1.82) is 0 Å². The fourth-order valence-electron chi connectivity index (χ4n) is 4.21. The van der Waals surface area contributed by atoms with Crippen molar-refractivity contribution in [2.45, 2.75) is 35.1 Å². The van der Waals surface area contributed by atoms with Crippen LogP contribution in [0.2, 0.25) is 0 Å². The molecule has 3 aromatic carbocycles. The van der Waals surface area contributed by atoms with Gasteiger partial charge in [0.15, 0.2) is 0 Å². The van der Waals surface area contributed by atoms with Crippen molar-refractivity contribution in [3.8, 4) is 0 Å². The summed E-state index contributed by atoms with van der Waals surface area (Å²) in [5.41, 5.74) is 0. The Bertz CT molecular complexity index is 808. The SMILES string of the molecule is C[C@@H]1C[C@H](C)SC(P(Cl)(c2ccccc2)(c2ccccc2)c2ccccc2)S1. The molecular formula is C24H26ClPS2. The summed E-state index contributed by atoms with van der Waals surface area (Å²) in [6.45, 7) is 4.71. The predicted octanol–water partition coefficient (Wildman–Crippen LogP) is 6.60. The number of benzene rings is 3. The standard InChI is InChI=1S/C24H26ClPS2/c1-19-18-20(2)28-24(27-19)26(25,21-12-6-3-7-13-21,22-14-8-4-9-15-22)23-16-10-5-11-17-23/h3-17,19-20,24H,18H2,1-2H3/t19-,20+,24?. The molecule has 1 aliphatic heterocycles. The number of hydrogen-bond acceptors (Lipinski definition) is 2. The molecule has 1 unspecified atom stereocenters. The average Bonchev–Trinajstić information content (AvgIpc) is 2.74. The molecule has 0 nitrogen and oxygen atoms in total. The van der Waals surface area contributed by atoms with Crippen molar-refractivity contribution in [3.63, 3.8) is 0 Å². The molecule has 1 aliphatic rings. The summed E-state index contributed by atoms with van der Waals surface area (Å²) in [6.07, 6.45) is 1.23. The van der Waals surface area contributed by atoms with Crippen LogP contribution in [0, 0.1) is 0 Å². The van der Waals surface area contributed by atoms with E-state index in [0.29, 0.717) is 10.5 Å². The van der Waals surface area contributed by atoms with E-state index in [1.54, 1.807) is 0 Å². The molecule has 0 N–H and O–H groups in total. The van der Waals surface area contributed by atoms with Gasteiger partial charge in [0.2, 0.25) is 0 Å². The van der Waals surface area contributed by atoms with E-state index in [-0.39, 0.29) is 4.32 Å². The first kappa shape index (κ1) is 20.4. The van der Waals surface area contributed by atoms with Gasteiger partial charge in [-0.05, 0) is 0 Å². The van der Waals surface area contributed by atoms with Crippen LogP contribution in [0.3, 0.4) is 0 Å². The molecule has 1 saturated heterocycles. The third kappa shape index (κ3) is 3.23. The summed E-state index contributed by atoms with van der Waals surface area (Å²) in [5, 5.41) is 4.98. The predicted molar refractivity (Wildman–Crippen MR) is 134 cm³/mol. The molecule has 0 aromatic heterocycles. The Hall–Kier alpha value is -0.920. The molecule has 0 saturated carbocycles. The van der Waals surface area contributed by atoms with E-state index in [9.17, 15) is 0 Å². The van der Waals surface area contributed by atoms with Gasteiger partial charge in [-0.1, -0.05) is 0 Å². The molecule has 3 atom stereocenters. The average molecular weight is 445 g/mol. The monoisotopic (exact) mass is 444 g/mol. The second-order valence-corrected chi connectivity index (χ2v) is 17.9. The van der Waals surface area contributed by atoms with Crippen LogP contribution in [-0.2, 0) is 0 Å². The molecule has 1 heterocycles. The fraction of sp³-hybridized carbons (Fsp3) is 0.250. The van der Waals surface area contributed by atoms with Crippen LogP contribution in [0.25, 0.3) is 0 Å². The van der Waals surface area contributed by atoms with Crippen molar-refractivity contribution >= 4 is 56.6 Å². The van der Waals surface area contributed by atoms with E-state index in [0.717, 1.165) is 0 Å². The second kappa shape index (κ2) is 8.07. The first-order valence-corrected chi connectivity index (χ1v) is 14.8. The van der Waals surface area contributed by atoms with E-state index in [1.165, 1.54) is 22.3 Å². The van der Waals surface area contributed by atoms with Gasteiger partial charge < -0.3 is 0 Å².